The van der Waals surface area contributed by atoms with Crippen molar-refractivity contribution in [3.8, 4) is 5.75 Å². The van der Waals surface area contributed by atoms with Gasteiger partial charge in [0.05, 0.1) is 13.2 Å². The average molecular weight is 385 g/mol. The van der Waals surface area contributed by atoms with Crippen molar-refractivity contribution in [2.45, 2.75) is 19.9 Å². The third-order valence-corrected chi connectivity index (χ3v) is 3.91. The van der Waals surface area contributed by atoms with Gasteiger partial charge in [0.25, 0.3) is 0 Å². The van der Waals surface area contributed by atoms with Crippen molar-refractivity contribution in [3.63, 3.8) is 0 Å². The van der Waals surface area contributed by atoms with E-state index in [9.17, 15) is 4.39 Å². The lowest BCUT2D eigenvalue weighted by atomic mass is 10.1. The van der Waals surface area contributed by atoms with Crippen molar-refractivity contribution in [1.82, 2.24) is 0 Å². The van der Waals surface area contributed by atoms with E-state index in [4.69, 9.17) is 4.74 Å². The van der Waals surface area contributed by atoms with Gasteiger partial charge in [0.15, 0.2) is 0 Å². The van der Waals surface area contributed by atoms with E-state index in [2.05, 4.69) is 34.0 Å². The molecule has 2 rings (SSSR count). The highest BCUT2D eigenvalue weighted by atomic mass is 127. The Morgan fingerprint density at radius 2 is 1.95 bits per heavy atom. The highest BCUT2D eigenvalue weighted by molar-refractivity contribution is 14.1. The number of hydrogen-bond donors (Lipinski definition) is 1. The Morgan fingerprint density at radius 1 is 1.20 bits per heavy atom. The molecule has 0 bridgehead atoms. The molecule has 0 aromatic heterocycles. The van der Waals surface area contributed by atoms with Gasteiger partial charge in [-0.05, 0) is 66.3 Å². The number of nitrogens with one attached hydrogen (secondary N) is 1. The van der Waals surface area contributed by atoms with E-state index in [0.717, 1.165) is 11.3 Å². The van der Waals surface area contributed by atoms with E-state index in [1.165, 1.54) is 16.7 Å². The first-order chi connectivity index (χ1) is 9.51. The molecule has 0 saturated heterocycles. The Balaban J connectivity index is 2.21. The molecular weight excluding hydrogens is 368 g/mol. The lowest BCUT2D eigenvalue weighted by Gasteiger charge is -2.18. The largest absolute Gasteiger partial charge is 0.497 e. The fourth-order valence-electron chi connectivity index (χ4n) is 2.09. The van der Waals surface area contributed by atoms with Crippen LogP contribution in [0.15, 0.2) is 36.4 Å². The zero-order chi connectivity index (χ0) is 14.7. The maximum Gasteiger partial charge on any atom is 0.132 e. The molecule has 2 aromatic rings. The Hall–Kier alpha value is -1.30. The van der Waals surface area contributed by atoms with Gasteiger partial charge >= 0.3 is 0 Å². The van der Waals surface area contributed by atoms with Gasteiger partial charge in [-0.2, -0.15) is 0 Å². The van der Waals surface area contributed by atoms with E-state index in [0.29, 0.717) is 11.3 Å². The third kappa shape index (κ3) is 3.42. The topological polar surface area (TPSA) is 21.3 Å². The zero-order valence-corrected chi connectivity index (χ0v) is 13.9. The predicted molar refractivity (Wildman–Crippen MR) is 88.9 cm³/mol. The molecule has 2 aromatic carbocycles. The molecule has 0 aliphatic carbocycles. The molecule has 2 nitrogen and oxygen atoms in total. The van der Waals surface area contributed by atoms with Gasteiger partial charge in [0.1, 0.15) is 11.6 Å². The zero-order valence-electron chi connectivity index (χ0n) is 11.7. The summed E-state index contributed by atoms with van der Waals surface area (Å²) in [5.41, 5.74) is 2.80. The quantitative estimate of drug-likeness (QED) is 0.755. The Kier molecular flexibility index (Phi) is 4.86. The molecule has 0 aliphatic heterocycles. The van der Waals surface area contributed by atoms with E-state index in [-0.39, 0.29) is 11.9 Å². The standard InChI is InChI=1S/C16H17FINO/c1-10-8-12(18)4-7-16(10)19-11(2)14-6-5-13(20-3)9-15(14)17/h4-9,11,19H,1-3H3. The maximum absolute atomic E-state index is 14.0. The first kappa shape index (κ1) is 15.1. The molecule has 4 heteroatoms. The molecule has 0 spiro atoms. The molecule has 0 aliphatic rings. The SMILES string of the molecule is COc1ccc(C(C)Nc2ccc(I)cc2C)c(F)c1. The number of aryl methyl sites for hydroxylation is 1. The predicted octanol–water partition coefficient (Wildman–Crippen LogP) is 4.92. The fourth-order valence-corrected chi connectivity index (χ4v) is 2.73. The van der Waals surface area contributed by atoms with Crippen LogP contribution in [0.25, 0.3) is 0 Å². The minimum atomic E-state index is -0.257. The highest BCUT2D eigenvalue weighted by Crippen LogP contribution is 2.26. The van der Waals surface area contributed by atoms with Crippen LogP contribution in [0.2, 0.25) is 0 Å². The van der Waals surface area contributed by atoms with Crippen LogP contribution in [0.1, 0.15) is 24.1 Å². The van der Waals surface area contributed by atoms with Crippen molar-refractivity contribution in [2.75, 3.05) is 12.4 Å². The third-order valence-electron chi connectivity index (χ3n) is 3.23. The van der Waals surface area contributed by atoms with Gasteiger partial charge in [0, 0.05) is 20.9 Å². The maximum atomic E-state index is 14.0. The van der Waals surface area contributed by atoms with E-state index in [1.807, 2.05) is 26.0 Å². The Morgan fingerprint density at radius 3 is 2.55 bits per heavy atom. The summed E-state index contributed by atoms with van der Waals surface area (Å²) < 4.78 is 20.2. The summed E-state index contributed by atoms with van der Waals surface area (Å²) in [6.07, 6.45) is 0. The molecule has 106 valence electrons. The molecule has 0 radical (unpaired) electrons. The molecular formula is C16H17FINO. The summed E-state index contributed by atoms with van der Waals surface area (Å²) in [5, 5.41) is 3.35. The summed E-state index contributed by atoms with van der Waals surface area (Å²) in [5.74, 6) is 0.274. The summed E-state index contributed by atoms with van der Waals surface area (Å²) in [4.78, 5) is 0. The molecule has 1 N–H and O–H groups in total. The van der Waals surface area contributed by atoms with Gasteiger partial charge in [-0.1, -0.05) is 6.07 Å². The normalized spacial score (nSPS) is 12.1. The van der Waals surface area contributed by atoms with Crippen LogP contribution in [-0.2, 0) is 0 Å². The molecule has 0 amide bonds. The summed E-state index contributed by atoms with van der Waals surface area (Å²) in [6, 6.07) is 11.0. The van der Waals surface area contributed by atoms with Crippen LogP contribution in [0.4, 0.5) is 10.1 Å². The van der Waals surface area contributed by atoms with E-state index >= 15 is 0 Å². The van der Waals surface area contributed by atoms with Gasteiger partial charge < -0.3 is 10.1 Å². The minimum Gasteiger partial charge on any atom is -0.497 e. The number of anilines is 1. The van der Waals surface area contributed by atoms with Gasteiger partial charge in [-0.3, -0.25) is 0 Å². The van der Waals surface area contributed by atoms with Gasteiger partial charge in [0.2, 0.25) is 0 Å². The van der Waals surface area contributed by atoms with Crippen molar-refractivity contribution in [2.24, 2.45) is 0 Å². The van der Waals surface area contributed by atoms with Crippen LogP contribution in [0, 0.1) is 16.3 Å². The van der Waals surface area contributed by atoms with Crippen molar-refractivity contribution < 1.29 is 9.13 Å². The van der Waals surface area contributed by atoms with Crippen LogP contribution < -0.4 is 10.1 Å². The van der Waals surface area contributed by atoms with Crippen LogP contribution in [0.3, 0.4) is 0 Å². The number of rotatable bonds is 4. The van der Waals surface area contributed by atoms with Crippen LogP contribution >= 0.6 is 22.6 Å². The second kappa shape index (κ2) is 6.43. The highest BCUT2D eigenvalue weighted by Gasteiger charge is 2.12. The number of ether oxygens (including phenoxy) is 1. The van der Waals surface area contributed by atoms with Crippen LogP contribution in [-0.4, -0.2) is 7.11 Å². The van der Waals surface area contributed by atoms with Crippen molar-refractivity contribution >= 4 is 28.3 Å². The second-order valence-electron chi connectivity index (χ2n) is 4.71. The number of hydrogen-bond acceptors (Lipinski definition) is 2. The van der Waals surface area contributed by atoms with Gasteiger partial charge in [-0.25, -0.2) is 4.39 Å². The summed E-state index contributed by atoms with van der Waals surface area (Å²) in [7, 11) is 1.53. The average Bonchev–Trinajstić information content (AvgIpc) is 2.41. The monoisotopic (exact) mass is 385 g/mol. The molecule has 1 atom stereocenters. The fraction of sp³-hybridized carbons (Fsp3) is 0.250. The van der Waals surface area contributed by atoms with E-state index < -0.39 is 0 Å². The number of methoxy groups -OCH3 is 1. The van der Waals surface area contributed by atoms with Crippen molar-refractivity contribution in [3.05, 3.63) is 56.9 Å². The second-order valence-corrected chi connectivity index (χ2v) is 5.96. The molecule has 0 heterocycles. The molecule has 1 unspecified atom stereocenters. The smallest absolute Gasteiger partial charge is 0.132 e. The van der Waals surface area contributed by atoms with Gasteiger partial charge in [-0.15, -0.1) is 0 Å². The molecule has 0 saturated carbocycles. The van der Waals surface area contributed by atoms with Crippen LogP contribution in [0.5, 0.6) is 5.75 Å². The number of halogens is 2. The first-order valence-electron chi connectivity index (χ1n) is 6.37. The first-order valence-corrected chi connectivity index (χ1v) is 7.45. The minimum absolute atomic E-state index is 0.111. The Bertz CT molecular complexity index is 615. The van der Waals surface area contributed by atoms with E-state index in [1.54, 1.807) is 12.1 Å². The molecule has 0 fully saturated rings. The lowest BCUT2D eigenvalue weighted by Crippen LogP contribution is -2.09. The van der Waals surface area contributed by atoms with Crippen molar-refractivity contribution in [1.29, 1.82) is 0 Å². The lowest BCUT2D eigenvalue weighted by molar-refractivity contribution is 0.410. The number of benzene rings is 2. The molecule has 20 heavy (non-hydrogen) atoms. The Labute approximate surface area is 132 Å². The summed E-state index contributed by atoms with van der Waals surface area (Å²) in [6.45, 7) is 3.99. The summed E-state index contributed by atoms with van der Waals surface area (Å²) >= 11 is 2.28.